The fourth-order valence-corrected chi connectivity index (χ4v) is 2.31. The van der Waals surface area contributed by atoms with E-state index in [0.29, 0.717) is 18.4 Å². The highest BCUT2D eigenvalue weighted by Gasteiger charge is 2.20. The minimum absolute atomic E-state index is 0.311. The van der Waals surface area contributed by atoms with Gasteiger partial charge in [-0.2, -0.15) is 0 Å². The van der Waals surface area contributed by atoms with Gasteiger partial charge < -0.3 is 15.1 Å². The summed E-state index contributed by atoms with van der Waals surface area (Å²) in [4.78, 5) is 16.2. The SMILES string of the molecule is CCN(CCCN(C)C)C(=O)CC1CCCN1. The van der Waals surface area contributed by atoms with Crippen molar-refractivity contribution in [1.82, 2.24) is 15.1 Å². The number of nitrogens with zero attached hydrogens (tertiary/aromatic N) is 2. The van der Waals surface area contributed by atoms with Gasteiger partial charge in [0, 0.05) is 25.6 Å². The third kappa shape index (κ3) is 5.50. The van der Waals surface area contributed by atoms with Crippen LogP contribution in [0.1, 0.15) is 32.6 Å². The van der Waals surface area contributed by atoms with Crippen molar-refractivity contribution in [2.75, 3.05) is 40.3 Å². The minimum atomic E-state index is 0.311. The predicted octanol–water partition coefficient (Wildman–Crippen LogP) is 0.929. The van der Waals surface area contributed by atoms with E-state index < -0.39 is 0 Å². The number of carbonyl (C=O) groups excluding carboxylic acids is 1. The summed E-state index contributed by atoms with van der Waals surface area (Å²) in [7, 11) is 4.14. The number of rotatable bonds is 7. The fraction of sp³-hybridized carbons (Fsp3) is 0.923. The largest absolute Gasteiger partial charge is 0.343 e. The van der Waals surface area contributed by atoms with Gasteiger partial charge in [-0.3, -0.25) is 4.79 Å². The monoisotopic (exact) mass is 241 g/mol. The summed E-state index contributed by atoms with van der Waals surface area (Å²) in [5, 5.41) is 3.39. The molecule has 0 aromatic heterocycles. The highest BCUT2D eigenvalue weighted by molar-refractivity contribution is 5.76. The van der Waals surface area contributed by atoms with Gasteiger partial charge in [0.2, 0.25) is 5.91 Å². The summed E-state index contributed by atoms with van der Waals surface area (Å²) in [5.74, 6) is 0.311. The first kappa shape index (κ1) is 14.5. The molecule has 1 N–H and O–H groups in total. The zero-order chi connectivity index (χ0) is 12.7. The van der Waals surface area contributed by atoms with Crippen LogP contribution in [0, 0.1) is 0 Å². The third-order valence-electron chi connectivity index (χ3n) is 3.35. The normalized spacial score (nSPS) is 19.9. The van der Waals surface area contributed by atoms with Gasteiger partial charge in [-0.05, 0) is 53.4 Å². The number of amides is 1. The maximum Gasteiger partial charge on any atom is 0.224 e. The first-order valence-corrected chi connectivity index (χ1v) is 6.79. The van der Waals surface area contributed by atoms with Gasteiger partial charge in [-0.15, -0.1) is 0 Å². The molecule has 17 heavy (non-hydrogen) atoms. The maximum absolute atomic E-state index is 12.1. The summed E-state index contributed by atoms with van der Waals surface area (Å²) in [6.07, 6.45) is 4.10. The summed E-state index contributed by atoms with van der Waals surface area (Å²) in [6.45, 7) is 5.91. The van der Waals surface area contributed by atoms with Crippen LogP contribution in [-0.2, 0) is 4.79 Å². The van der Waals surface area contributed by atoms with Gasteiger partial charge in [0.25, 0.3) is 0 Å². The lowest BCUT2D eigenvalue weighted by Crippen LogP contribution is -2.37. The van der Waals surface area contributed by atoms with Gasteiger partial charge in [-0.1, -0.05) is 0 Å². The zero-order valence-electron chi connectivity index (χ0n) is 11.5. The van der Waals surface area contributed by atoms with Crippen molar-refractivity contribution in [3.05, 3.63) is 0 Å². The van der Waals surface area contributed by atoms with E-state index in [-0.39, 0.29) is 0 Å². The van der Waals surface area contributed by atoms with Crippen LogP contribution in [0.2, 0.25) is 0 Å². The molecule has 4 heteroatoms. The second-order valence-corrected chi connectivity index (χ2v) is 5.13. The molecular formula is C13H27N3O. The molecule has 1 fully saturated rings. The van der Waals surface area contributed by atoms with Gasteiger partial charge in [0.15, 0.2) is 0 Å². The van der Waals surface area contributed by atoms with Gasteiger partial charge in [0.05, 0.1) is 0 Å². The first-order chi connectivity index (χ1) is 8.13. The molecule has 0 bridgehead atoms. The Labute approximate surface area is 105 Å². The molecule has 0 radical (unpaired) electrons. The lowest BCUT2D eigenvalue weighted by Gasteiger charge is -2.23. The first-order valence-electron chi connectivity index (χ1n) is 6.79. The zero-order valence-corrected chi connectivity index (χ0v) is 11.5. The molecule has 100 valence electrons. The summed E-state index contributed by atoms with van der Waals surface area (Å²) >= 11 is 0. The van der Waals surface area contributed by atoms with E-state index in [1.54, 1.807) is 0 Å². The number of hydrogen-bond acceptors (Lipinski definition) is 3. The van der Waals surface area contributed by atoms with Crippen molar-refractivity contribution in [2.45, 2.75) is 38.6 Å². The molecule has 4 nitrogen and oxygen atoms in total. The summed E-state index contributed by atoms with van der Waals surface area (Å²) < 4.78 is 0. The van der Waals surface area contributed by atoms with Crippen molar-refractivity contribution in [3.63, 3.8) is 0 Å². The van der Waals surface area contributed by atoms with E-state index in [1.165, 1.54) is 6.42 Å². The molecule has 1 rings (SSSR count). The molecule has 1 saturated heterocycles. The molecule has 1 heterocycles. The highest BCUT2D eigenvalue weighted by Crippen LogP contribution is 2.10. The molecule has 0 aromatic rings. The van der Waals surface area contributed by atoms with Crippen molar-refractivity contribution in [3.8, 4) is 0 Å². The quantitative estimate of drug-likeness (QED) is 0.720. The van der Waals surface area contributed by atoms with Crippen LogP contribution in [0.15, 0.2) is 0 Å². The summed E-state index contributed by atoms with van der Waals surface area (Å²) in [6, 6.07) is 0.422. The Morgan fingerprint density at radius 1 is 1.35 bits per heavy atom. The topological polar surface area (TPSA) is 35.6 Å². The second kappa shape index (κ2) is 7.67. The molecule has 0 saturated carbocycles. The van der Waals surface area contributed by atoms with Gasteiger partial charge >= 0.3 is 0 Å². The molecule has 0 spiro atoms. The average Bonchev–Trinajstić information content (AvgIpc) is 2.76. The van der Waals surface area contributed by atoms with E-state index in [1.807, 2.05) is 4.90 Å². The maximum atomic E-state index is 12.1. The second-order valence-electron chi connectivity index (χ2n) is 5.13. The fourth-order valence-electron chi connectivity index (χ4n) is 2.31. The van der Waals surface area contributed by atoms with Crippen LogP contribution in [0.3, 0.4) is 0 Å². The Bertz CT molecular complexity index is 225. The number of hydrogen-bond donors (Lipinski definition) is 1. The van der Waals surface area contributed by atoms with Crippen LogP contribution in [-0.4, -0.2) is 62.0 Å². The average molecular weight is 241 g/mol. The van der Waals surface area contributed by atoms with Crippen LogP contribution in [0.4, 0.5) is 0 Å². The van der Waals surface area contributed by atoms with Crippen LogP contribution < -0.4 is 5.32 Å². The standard InChI is InChI=1S/C13H27N3O/c1-4-16(10-6-9-15(2)3)13(17)11-12-7-5-8-14-12/h12,14H,4-11H2,1-3H3. The van der Waals surface area contributed by atoms with Crippen molar-refractivity contribution < 1.29 is 4.79 Å². The lowest BCUT2D eigenvalue weighted by atomic mass is 10.1. The smallest absolute Gasteiger partial charge is 0.224 e. The number of carbonyl (C=O) groups is 1. The highest BCUT2D eigenvalue weighted by atomic mass is 16.2. The molecular weight excluding hydrogens is 214 g/mol. The van der Waals surface area contributed by atoms with Gasteiger partial charge in [-0.25, -0.2) is 0 Å². The molecule has 0 aromatic carbocycles. The van der Waals surface area contributed by atoms with E-state index >= 15 is 0 Å². The minimum Gasteiger partial charge on any atom is -0.343 e. The number of nitrogens with one attached hydrogen (secondary N) is 1. The predicted molar refractivity (Wildman–Crippen MR) is 71.1 cm³/mol. The van der Waals surface area contributed by atoms with E-state index in [9.17, 15) is 4.79 Å². The van der Waals surface area contributed by atoms with Crippen molar-refractivity contribution in [1.29, 1.82) is 0 Å². The van der Waals surface area contributed by atoms with Gasteiger partial charge in [0.1, 0.15) is 0 Å². The van der Waals surface area contributed by atoms with Crippen LogP contribution in [0.25, 0.3) is 0 Å². The van der Waals surface area contributed by atoms with E-state index in [2.05, 4.69) is 31.2 Å². The van der Waals surface area contributed by atoms with E-state index in [4.69, 9.17) is 0 Å². The molecule has 1 aliphatic heterocycles. The Kier molecular flexibility index (Phi) is 6.52. The Morgan fingerprint density at radius 3 is 2.65 bits per heavy atom. The van der Waals surface area contributed by atoms with Crippen molar-refractivity contribution in [2.24, 2.45) is 0 Å². The molecule has 1 aliphatic rings. The Morgan fingerprint density at radius 2 is 2.12 bits per heavy atom. The van der Waals surface area contributed by atoms with Crippen LogP contribution >= 0.6 is 0 Å². The third-order valence-corrected chi connectivity index (χ3v) is 3.35. The Balaban J connectivity index is 2.25. The molecule has 1 amide bonds. The summed E-state index contributed by atoms with van der Waals surface area (Å²) in [5.41, 5.74) is 0. The van der Waals surface area contributed by atoms with E-state index in [0.717, 1.165) is 39.0 Å². The Hall–Kier alpha value is -0.610. The van der Waals surface area contributed by atoms with Crippen LogP contribution in [0.5, 0.6) is 0 Å². The molecule has 1 atom stereocenters. The molecule has 1 unspecified atom stereocenters. The van der Waals surface area contributed by atoms with Crippen molar-refractivity contribution >= 4 is 5.91 Å². The lowest BCUT2D eigenvalue weighted by molar-refractivity contribution is -0.131. The molecule has 0 aliphatic carbocycles.